The Balaban J connectivity index is 1.74. The highest BCUT2D eigenvalue weighted by Gasteiger charge is 2.24. The molecule has 6 heteroatoms. The van der Waals surface area contributed by atoms with Crippen LogP contribution in [0.4, 0.5) is 9.18 Å². The van der Waals surface area contributed by atoms with Crippen LogP contribution in [0.5, 0.6) is 0 Å². The van der Waals surface area contributed by atoms with Crippen molar-refractivity contribution in [1.29, 1.82) is 0 Å². The Kier molecular flexibility index (Phi) is 5.14. The second-order valence-electron chi connectivity index (χ2n) is 5.00. The molecular weight excluding hydrogens is 275 g/mol. The molecule has 1 aliphatic rings. The van der Waals surface area contributed by atoms with Gasteiger partial charge in [0.05, 0.1) is 6.42 Å². The lowest BCUT2D eigenvalue weighted by atomic mass is 10.1. The molecule has 0 aliphatic carbocycles. The minimum atomic E-state index is -0.775. The molecule has 2 rings (SSSR count). The van der Waals surface area contributed by atoms with Crippen molar-refractivity contribution in [3.8, 4) is 0 Å². The molecule has 1 fully saturated rings. The lowest BCUT2D eigenvalue weighted by molar-refractivity contribution is -0.129. The van der Waals surface area contributed by atoms with Crippen LogP contribution in [0.15, 0.2) is 24.3 Å². The maximum atomic E-state index is 12.8. The molecule has 1 heterocycles. The van der Waals surface area contributed by atoms with E-state index in [9.17, 15) is 14.0 Å². The Morgan fingerprint density at radius 1 is 1.29 bits per heavy atom. The summed E-state index contributed by atoms with van der Waals surface area (Å²) in [6, 6.07) is 6.07. The second-order valence-corrected chi connectivity index (χ2v) is 5.00. The molecule has 1 radical (unpaired) electrons. The van der Waals surface area contributed by atoms with E-state index in [1.54, 1.807) is 23.5 Å². The number of likely N-dealkylation sites (tertiary alicyclic amines) is 1. The van der Waals surface area contributed by atoms with Gasteiger partial charge in [-0.05, 0) is 24.1 Å². The van der Waals surface area contributed by atoms with Crippen LogP contribution >= 0.6 is 0 Å². The fraction of sp³-hybridized carbons (Fsp3) is 0.400. The van der Waals surface area contributed by atoms with E-state index in [0.717, 1.165) is 5.56 Å². The number of nitrogens with zero attached hydrogens (tertiary/aromatic N) is 1. The van der Waals surface area contributed by atoms with Gasteiger partial charge >= 0.3 is 6.09 Å². The van der Waals surface area contributed by atoms with Gasteiger partial charge in [0.2, 0.25) is 5.91 Å². The predicted octanol–water partition coefficient (Wildman–Crippen LogP) is 1.66. The molecule has 0 atom stereocenters. The van der Waals surface area contributed by atoms with Crippen molar-refractivity contribution in [3.05, 3.63) is 42.1 Å². The maximum absolute atomic E-state index is 12.8. The molecule has 1 saturated heterocycles. The highest BCUT2D eigenvalue weighted by Crippen LogP contribution is 2.15. The van der Waals surface area contributed by atoms with E-state index in [1.807, 2.05) is 0 Å². The molecule has 0 unspecified atom stereocenters. The van der Waals surface area contributed by atoms with Gasteiger partial charge in [0.15, 0.2) is 0 Å². The predicted molar refractivity (Wildman–Crippen MR) is 74.7 cm³/mol. The molecule has 0 aromatic heterocycles. The zero-order valence-corrected chi connectivity index (χ0v) is 11.6. The number of amides is 2. The fourth-order valence-corrected chi connectivity index (χ4v) is 2.31. The minimum Gasteiger partial charge on any atom is -0.446 e. The van der Waals surface area contributed by atoms with Crippen LogP contribution in [-0.4, -0.2) is 36.1 Å². The summed E-state index contributed by atoms with van der Waals surface area (Å²) >= 11 is 0. The third kappa shape index (κ3) is 4.73. The van der Waals surface area contributed by atoms with E-state index in [4.69, 9.17) is 10.5 Å². The molecule has 5 nitrogen and oxygen atoms in total. The first-order chi connectivity index (χ1) is 10.0. The van der Waals surface area contributed by atoms with Crippen molar-refractivity contribution in [2.24, 2.45) is 5.73 Å². The van der Waals surface area contributed by atoms with Gasteiger partial charge in [0, 0.05) is 25.9 Å². The smallest absolute Gasteiger partial charge is 0.404 e. The molecule has 0 spiro atoms. The van der Waals surface area contributed by atoms with Crippen molar-refractivity contribution < 1.29 is 18.7 Å². The van der Waals surface area contributed by atoms with Crippen molar-refractivity contribution in [3.63, 3.8) is 0 Å². The maximum Gasteiger partial charge on any atom is 0.404 e. The normalized spacial score (nSPS) is 15.8. The van der Waals surface area contributed by atoms with Gasteiger partial charge in [0.1, 0.15) is 11.9 Å². The fourth-order valence-electron chi connectivity index (χ4n) is 2.31. The number of primary amides is 1. The van der Waals surface area contributed by atoms with E-state index in [-0.39, 0.29) is 17.8 Å². The van der Waals surface area contributed by atoms with Crippen LogP contribution in [-0.2, 0) is 16.0 Å². The number of hydrogen-bond donors (Lipinski definition) is 1. The number of carbonyl (C=O) groups is 2. The Morgan fingerprint density at radius 3 is 2.48 bits per heavy atom. The minimum absolute atomic E-state index is 0.0585. The number of carbonyl (C=O) groups excluding carboxylic acids is 2. The van der Waals surface area contributed by atoms with Gasteiger partial charge in [-0.1, -0.05) is 12.1 Å². The summed E-state index contributed by atoms with van der Waals surface area (Å²) in [5, 5.41) is 0. The molecular formula is C15H18FN2O3. The number of rotatable bonds is 4. The highest BCUT2D eigenvalue weighted by atomic mass is 19.1. The van der Waals surface area contributed by atoms with Gasteiger partial charge in [0.25, 0.3) is 0 Å². The zero-order chi connectivity index (χ0) is 15.2. The highest BCUT2D eigenvalue weighted by molar-refractivity contribution is 5.85. The summed E-state index contributed by atoms with van der Waals surface area (Å²) in [4.78, 5) is 24.4. The third-order valence-electron chi connectivity index (χ3n) is 3.46. The standard InChI is InChI=1S/C15H18FN2O3/c16-12-4-1-11(2-5-12)3-6-14(19)18-9-7-13(8-10-18)21-15(17)20/h1-2,4-6,13H,3,7-10H2,(H2,17,20). The third-order valence-corrected chi connectivity index (χ3v) is 3.46. The van der Waals surface area contributed by atoms with Crippen LogP contribution in [0.1, 0.15) is 18.4 Å². The van der Waals surface area contributed by atoms with Crippen molar-refractivity contribution >= 4 is 12.0 Å². The lowest BCUT2D eigenvalue weighted by Crippen LogP contribution is -2.42. The van der Waals surface area contributed by atoms with Crippen LogP contribution in [0.3, 0.4) is 0 Å². The van der Waals surface area contributed by atoms with Gasteiger partial charge in [-0.25, -0.2) is 9.18 Å². The monoisotopic (exact) mass is 293 g/mol. The molecule has 2 amide bonds. The van der Waals surface area contributed by atoms with Gasteiger partial charge in [-0.15, -0.1) is 0 Å². The molecule has 0 saturated carbocycles. The average Bonchev–Trinajstić information content (AvgIpc) is 2.46. The Labute approximate surface area is 122 Å². The molecule has 1 aliphatic heterocycles. The molecule has 0 bridgehead atoms. The number of benzene rings is 1. The van der Waals surface area contributed by atoms with E-state index >= 15 is 0 Å². The molecule has 2 N–H and O–H groups in total. The van der Waals surface area contributed by atoms with Gasteiger partial charge < -0.3 is 15.4 Å². The van der Waals surface area contributed by atoms with E-state index in [2.05, 4.69) is 0 Å². The zero-order valence-electron chi connectivity index (χ0n) is 11.6. The van der Waals surface area contributed by atoms with Crippen LogP contribution in [0, 0.1) is 12.2 Å². The first-order valence-electron chi connectivity index (χ1n) is 6.87. The topological polar surface area (TPSA) is 72.6 Å². The van der Waals surface area contributed by atoms with E-state index in [0.29, 0.717) is 32.4 Å². The van der Waals surface area contributed by atoms with E-state index < -0.39 is 6.09 Å². The Hall–Kier alpha value is -2.11. The van der Waals surface area contributed by atoms with Crippen LogP contribution in [0.2, 0.25) is 0 Å². The summed E-state index contributed by atoms with van der Waals surface area (Å²) in [6.45, 7) is 1.08. The lowest BCUT2D eigenvalue weighted by Gasteiger charge is -2.31. The summed E-state index contributed by atoms with van der Waals surface area (Å²) in [5.74, 6) is -0.349. The number of halogens is 1. The molecule has 113 valence electrons. The Morgan fingerprint density at radius 2 is 1.90 bits per heavy atom. The van der Waals surface area contributed by atoms with Crippen molar-refractivity contribution in [2.45, 2.75) is 25.4 Å². The summed E-state index contributed by atoms with van der Waals surface area (Å²) in [5.41, 5.74) is 5.85. The van der Waals surface area contributed by atoms with Crippen molar-refractivity contribution in [2.75, 3.05) is 13.1 Å². The number of piperidine rings is 1. The SMILES string of the molecule is NC(=O)OC1CCN(C(=O)[CH]Cc2ccc(F)cc2)CC1. The average molecular weight is 293 g/mol. The van der Waals surface area contributed by atoms with E-state index in [1.165, 1.54) is 12.1 Å². The quantitative estimate of drug-likeness (QED) is 0.917. The summed E-state index contributed by atoms with van der Waals surface area (Å²) < 4.78 is 17.7. The van der Waals surface area contributed by atoms with Crippen LogP contribution < -0.4 is 5.73 Å². The molecule has 1 aromatic carbocycles. The molecule has 1 aromatic rings. The van der Waals surface area contributed by atoms with Gasteiger partial charge in [-0.3, -0.25) is 4.79 Å². The number of hydrogen-bond acceptors (Lipinski definition) is 3. The first-order valence-corrected chi connectivity index (χ1v) is 6.87. The largest absolute Gasteiger partial charge is 0.446 e. The summed E-state index contributed by atoms with van der Waals surface area (Å²) in [6.07, 6.45) is 2.27. The number of ether oxygens (including phenoxy) is 1. The number of nitrogens with two attached hydrogens (primary N) is 1. The Bertz CT molecular complexity index is 496. The first kappa shape index (κ1) is 15.3. The summed E-state index contributed by atoms with van der Waals surface area (Å²) in [7, 11) is 0. The van der Waals surface area contributed by atoms with Crippen molar-refractivity contribution in [1.82, 2.24) is 4.90 Å². The van der Waals surface area contributed by atoms with Gasteiger partial charge in [-0.2, -0.15) is 0 Å². The molecule has 21 heavy (non-hydrogen) atoms. The second kappa shape index (κ2) is 7.06. The van der Waals surface area contributed by atoms with Crippen LogP contribution in [0.25, 0.3) is 0 Å².